The summed E-state index contributed by atoms with van der Waals surface area (Å²) in [4.78, 5) is 11.8. The van der Waals surface area contributed by atoms with Crippen LogP contribution in [0.15, 0.2) is 47.8 Å². The number of aryl methyl sites for hydroxylation is 2. The zero-order valence-corrected chi connectivity index (χ0v) is 15.4. The third-order valence-corrected chi connectivity index (χ3v) is 4.47. The number of halogens is 2. The normalized spacial score (nSPS) is 13.6. The van der Waals surface area contributed by atoms with Gasteiger partial charge in [-0.25, -0.2) is 9.18 Å². The average molecular weight is 349 g/mol. The number of benzene rings is 1. The fourth-order valence-electron chi connectivity index (χ4n) is 2.52. The van der Waals surface area contributed by atoms with Gasteiger partial charge in [0.2, 0.25) is 0 Å². The smallest absolute Gasteiger partial charge is 0.336 e. The van der Waals surface area contributed by atoms with E-state index in [1.165, 1.54) is 13.0 Å². The summed E-state index contributed by atoms with van der Waals surface area (Å²) >= 11 is 6.26. The molecule has 0 atom stereocenters. The van der Waals surface area contributed by atoms with Crippen molar-refractivity contribution in [3.8, 4) is 0 Å². The zero-order chi connectivity index (χ0) is 18.6. The van der Waals surface area contributed by atoms with Gasteiger partial charge in [-0.2, -0.15) is 0 Å². The Hall–Kier alpha value is -2.13. The number of allylic oxidation sites excluding steroid dienone is 6. The van der Waals surface area contributed by atoms with Crippen molar-refractivity contribution in [3.05, 3.63) is 75.1 Å². The second kappa shape index (κ2) is 8.11. The van der Waals surface area contributed by atoms with E-state index in [1.807, 2.05) is 13.0 Å². The molecule has 0 saturated carbocycles. The summed E-state index contributed by atoms with van der Waals surface area (Å²) in [6, 6.07) is 1.81. The first-order valence-corrected chi connectivity index (χ1v) is 7.87. The lowest BCUT2D eigenvalue weighted by Crippen LogP contribution is -2.07. The van der Waals surface area contributed by atoms with Crippen LogP contribution >= 0.6 is 11.6 Å². The van der Waals surface area contributed by atoms with Gasteiger partial charge in [0, 0.05) is 5.02 Å². The molecule has 0 radical (unpaired) electrons. The Kier molecular flexibility index (Phi) is 6.73. The van der Waals surface area contributed by atoms with Gasteiger partial charge in [-0.15, -0.1) is 0 Å². The summed E-state index contributed by atoms with van der Waals surface area (Å²) in [5, 5.41) is 10.1. The van der Waals surface area contributed by atoms with Gasteiger partial charge < -0.3 is 5.11 Å². The highest BCUT2D eigenvalue weighted by molar-refractivity contribution is 6.33. The van der Waals surface area contributed by atoms with Gasteiger partial charge in [0.25, 0.3) is 0 Å². The molecule has 1 aromatic rings. The predicted octanol–water partition coefficient (Wildman–Crippen LogP) is 6.11. The monoisotopic (exact) mass is 348 g/mol. The Morgan fingerprint density at radius 2 is 1.79 bits per heavy atom. The first kappa shape index (κ1) is 19.9. The Morgan fingerprint density at radius 3 is 2.29 bits per heavy atom. The fourth-order valence-corrected chi connectivity index (χ4v) is 2.67. The van der Waals surface area contributed by atoms with Crippen molar-refractivity contribution < 1.29 is 14.3 Å². The number of hydrogen-bond acceptors (Lipinski definition) is 1. The second-order valence-corrected chi connectivity index (χ2v) is 6.14. The number of carboxylic acid groups (broad SMARTS) is 1. The highest BCUT2D eigenvalue weighted by atomic mass is 35.5. The maximum Gasteiger partial charge on any atom is 0.336 e. The average Bonchev–Trinajstić information content (AvgIpc) is 2.52. The summed E-state index contributed by atoms with van der Waals surface area (Å²) < 4.78 is 14.5. The SMILES string of the molecule is C=CC(C)=CC=C(F)C(C)=C(C(=O)O)c1c(C)cc(C)c(Cl)c1C. The molecule has 1 N–H and O–H groups in total. The standard InChI is InChI=1S/C20H22ClFO2/c1-7-11(2)8-9-16(22)14(5)18(20(23)24)17-12(3)10-13(4)19(21)15(17)6/h7-10H,1H2,2-6H3,(H,23,24). The van der Waals surface area contributed by atoms with E-state index in [2.05, 4.69) is 6.58 Å². The maximum absolute atomic E-state index is 14.5. The number of carbonyl (C=O) groups is 1. The Morgan fingerprint density at radius 1 is 1.21 bits per heavy atom. The first-order valence-electron chi connectivity index (χ1n) is 7.49. The van der Waals surface area contributed by atoms with Gasteiger partial charge in [-0.3, -0.25) is 0 Å². The lowest BCUT2D eigenvalue weighted by Gasteiger charge is -2.16. The van der Waals surface area contributed by atoms with Crippen LogP contribution in [0.2, 0.25) is 5.02 Å². The molecular formula is C20H22ClFO2. The van der Waals surface area contributed by atoms with E-state index in [4.69, 9.17) is 11.6 Å². The first-order chi connectivity index (χ1) is 11.1. The van der Waals surface area contributed by atoms with E-state index < -0.39 is 11.8 Å². The van der Waals surface area contributed by atoms with Crippen molar-refractivity contribution in [2.45, 2.75) is 34.6 Å². The van der Waals surface area contributed by atoms with Crippen molar-refractivity contribution in [3.63, 3.8) is 0 Å². The summed E-state index contributed by atoms with van der Waals surface area (Å²) in [6.45, 7) is 12.2. The number of aliphatic carboxylic acids is 1. The van der Waals surface area contributed by atoms with Gasteiger partial charge >= 0.3 is 5.97 Å². The molecule has 0 heterocycles. The van der Waals surface area contributed by atoms with Crippen molar-refractivity contribution in [2.24, 2.45) is 0 Å². The van der Waals surface area contributed by atoms with Crippen LogP contribution < -0.4 is 0 Å². The minimum absolute atomic E-state index is 0.0572. The van der Waals surface area contributed by atoms with Crippen LogP contribution in [0.5, 0.6) is 0 Å². The van der Waals surface area contributed by atoms with E-state index >= 15 is 0 Å². The summed E-state index contributed by atoms with van der Waals surface area (Å²) in [5.74, 6) is -1.80. The molecule has 0 aliphatic heterocycles. The molecular weight excluding hydrogens is 327 g/mol. The molecule has 0 amide bonds. The Labute approximate surface area is 147 Å². The summed E-state index contributed by atoms with van der Waals surface area (Å²) in [5.41, 5.74) is 3.46. The lowest BCUT2D eigenvalue weighted by molar-refractivity contribution is -0.130. The van der Waals surface area contributed by atoms with Gasteiger partial charge in [0.05, 0.1) is 5.57 Å². The van der Waals surface area contributed by atoms with Crippen LogP contribution in [0.3, 0.4) is 0 Å². The van der Waals surface area contributed by atoms with Crippen molar-refractivity contribution in [2.75, 3.05) is 0 Å². The molecule has 4 heteroatoms. The van der Waals surface area contributed by atoms with Gasteiger partial charge in [0.15, 0.2) is 0 Å². The van der Waals surface area contributed by atoms with Gasteiger partial charge in [0.1, 0.15) is 5.83 Å². The van der Waals surface area contributed by atoms with Crippen LogP contribution in [0.4, 0.5) is 4.39 Å². The quantitative estimate of drug-likeness (QED) is 0.515. The highest BCUT2D eigenvalue weighted by Crippen LogP contribution is 2.34. The molecule has 0 unspecified atom stereocenters. The molecule has 0 aliphatic rings. The summed E-state index contributed by atoms with van der Waals surface area (Å²) in [7, 11) is 0. The second-order valence-electron chi connectivity index (χ2n) is 5.76. The molecule has 128 valence electrons. The minimum atomic E-state index is -1.19. The third kappa shape index (κ3) is 4.24. The van der Waals surface area contributed by atoms with E-state index in [0.717, 1.165) is 16.7 Å². The predicted molar refractivity (Wildman–Crippen MR) is 99.0 cm³/mol. The lowest BCUT2D eigenvalue weighted by atomic mass is 9.90. The van der Waals surface area contributed by atoms with Crippen molar-refractivity contribution in [1.82, 2.24) is 0 Å². The van der Waals surface area contributed by atoms with Gasteiger partial charge in [-0.1, -0.05) is 42.0 Å². The number of rotatable bonds is 5. The molecule has 0 fully saturated rings. The molecule has 0 aromatic heterocycles. The van der Waals surface area contributed by atoms with Crippen LogP contribution in [0, 0.1) is 20.8 Å². The zero-order valence-electron chi connectivity index (χ0n) is 14.6. The van der Waals surface area contributed by atoms with E-state index in [-0.39, 0.29) is 11.1 Å². The van der Waals surface area contributed by atoms with Crippen LogP contribution in [0.1, 0.15) is 36.1 Å². The Bertz CT molecular complexity index is 783. The van der Waals surface area contributed by atoms with Crippen molar-refractivity contribution in [1.29, 1.82) is 0 Å². The molecule has 2 nitrogen and oxygen atoms in total. The summed E-state index contributed by atoms with van der Waals surface area (Å²) in [6.07, 6.45) is 4.39. The van der Waals surface area contributed by atoms with Crippen molar-refractivity contribution >= 4 is 23.1 Å². The largest absolute Gasteiger partial charge is 0.478 e. The van der Waals surface area contributed by atoms with Crippen LogP contribution in [-0.2, 0) is 4.79 Å². The Balaban J connectivity index is 3.69. The van der Waals surface area contributed by atoms with E-state index in [0.29, 0.717) is 16.1 Å². The molecule has 24 heavy (non-hydrogen) atoms. The molecule has 0 saturated heterocycles. The molecule has 0 bridgehead atoms. The van der Waals surface area contributed by atoms with E-state index in [1.54, 1.807) is 32.9 Å². The van der Waals surface area contributed by atoms with Crippen LogP contribution in [0.25, 0.3) is 5.57 Å². The number of hydrogen-bond donors (Lipinski definition) is 1. The molecule has 1 rings (SSSR count). The number of carboxylic acids is 1. The van der Waals surface area contributed by atoms with Gasteiger partial charge in [-0.05, 0) is 68.5 Å². The van der Waals surface area contributed by atoms with E-state index in [9.17, 15) is 14.3 Å². The maximum atomic E-state index is 14.5. The fraction of sp³-hybridized carbons (Fsp3) is 0.250. The van der Waals surface area contributed by atoms with Crippen LogP contribution in [-0.4, -0.2) is 11.1 Å². The third-order valence-electron chi connectivity index (χ3n) is 3.89. The topological polar surface area (TPSA) is 37.3 Å². The molecule has 0 spiro atoms. The minimum Gasteiger partial charge on any atom is -0.478 e. The molecule has 1 aromatic carbocycles. The highest BCUT2D eigenvalue weighted by Gasteiger charge is 2.22. The molecule has 0 aliphatic carbocycles.